The third kappa shape index (κ3) is 6.40. The van der Waals surface area contributed by atoms with Crippen LogP contribution in [0.3, 0.4) is 0 Å². The largest absolute Gasteiger partial charge is 0.434 e. The van der Waals surface area contributed by atoms with E-state index in [0.717, 1.165) is 12.8 Å². The average molecular weight is 560 g/mol. The summed E-state index contributed by atoms with van der Waals surface area (Å²) in [6, 6.07) is -2.19. The molecule has 220 valence electrons. The van der Waals surface area contributed by atoms with E-state index in [9.17, 15) is 37.1 Å². The van der Waals surface area contributed by atoms with Crippen molar-refractivity contribution in [3.63, 3.8) is 0 Å². The minimum absolute atomic E-state index is 0.000793. The molecule has 3 fully saturated rings. The summed E-state index contributed by atoms with van der Waals surface area (Å²) in [6.07, 6.45) is -4.29. The number of rotatable bonds is 10. The Morgan fingerprint density at radius 2 is 1.62 bits per heavy atom. The highest BCUT2D eigenvalue weighted by Crippen LogP contribution is 2.65. The van der Waals surface area contributed by atoms with Crippen molar-refractivity contribution in [3.8, 4) is 0 Å². The molecule has 0 radical (unpaired) electrons. The number of piperidine rings is 1. The van der Waals surface area contributed by atoms with Crippen LogP contribution in [0.25, 0.3) is 0 Å². The predicted molar refractivity (Wildman–Crippen MR) is 134 cm³/mol. The van der Waals surface area contributed by atoms with Gasteiger partial charge in [-0.05, 0) is 48.9 Å². The van der Waals surface area contributed by atoms with Crippen LogP contribution in [-0.4, -0.2) is 64.8 Å². The van der Waals surface area contributed by atoms with E-state index in [1.165, 1.54) is 4.90 Å². The van der Waals surface area contributed by atoms with Gasteiger partial charge in [-0.15, -0.1) is 0 Å². The van der Waals surface area contributed by atoms with E-state index < -0.39 is 58.9 Å². The number of fused-ring (bicyclic) bond motifs is 1. The smallest absolute Gasteiger partial charge is 0.427 e. The van der Waals surface area contributed by atoms with Gasteiger partial charge in [0.2, 0.25) is 17.3 Å². The molecule has 2 aliphatic carbocycles. The van der Waals surface area contributed by atoms with E-state index >= 15 is 0 Å². The molecule has 12 heteroatoms. The lowest BCUT2D eigenvalue weighted by Crippen LogP contribution is -2.59. The molecule has 2 saturated carbocycles. The number of amides is 3. The summed E-state index contributed by atoms with van der Waals surface area (Å²) in [7, 11) is 0. The zero-order valence-electron chi connectivity index (χ0n) is 23.6. The van der Waals surface area contributed by atoms with Gasteiger partial charge in [0.25, 0.3) is 5.91 Å². The Kier molecular flexibility index (Phi) is 7.97. The number of halogens is 3. The summed E-state index contributed by atoms with van der Waals surface area (Å²) in [5.41, 5.74) is 1.27. The molecule has 1 saturated heterocycles. The topological polar surface area (TPSA) is 136 Å². The van der Waals surface area contributed by atoms with Crippen LogP contribution < -0.4 is 11.1 Å². The molecule has 0 spiro atoms. The summed E-state index contributed by atoms with van der Waals surface area (Å²) < 4.78 is 44.4. The fraction of sp³-hybridized carbons (Fsp3) is 0.815. The summed E-state index contributed by atoms with van der Waals surface area (Å²) in [6.45, 7) is 10.5. The highest BCUT2D eigenvalue weighted by atomic mass is 19.4. The minimum Gasteiger partial charge on any atom is -0.434 e. The van der Waals surface area contributed by atoms with Gasteiger partial charge in [0.1, 0.15) is 6.04 Å². The molecular weight excluding hydrogens is 519 g/mol. The van der Waals surface area contributed by atoms with Gasteiger partial charge in [-0.3, -0.25) is 19.2 Å². The number of carbonyl (C=O) groups excluding carboxylic acids is 5. The van der Waals surface area contributed by atoms with Crippen molar-refractivity contribution in [1.82, 2.24) is 10.2 Å². The number of nitrogens with one attached hydrogen (secondary N) is 1. The standard InChI is InChI=1S/C27H40F3N3O6/c1-24(2,3)20(32-23(38)39-26(6,7)27(28,29)30)22(37)33-12-15-17(25(15,4)5)18(33)16(34)11-14(10-13-8-9-13)19(35)21(31)36/h13-15,17-18,20H,8-12H2,1-7H3,(H2,31,36)(H,32,38)/t14?,15?,17-,18?,20?/m0/s1. The van der Waals surface area contributed by atoms with E-state index in [4.69, 9.17) is 5.73 Å². The van der Waals surface area contributed by atoms with Gasteiger partial charge in [0.05, 0.1) is 6.04 Å². The highest BCUT2D eigenvalue weighted by molar-refractivity contribution is 6.36. The fourth-order valence-electron chi connectivity index (χ4n) is 5.74. The lowest BCUT2D eigenvalue weighted by Gasteiger charge is -2.38. The zero-order valence-corrected chi connectivity index (χ0v) is 23.6. The second kappa shape index (κ2) is 10.1. The lowest BCUT2D eigenvalue weighted by atomic mass is 9.84. The molecule has 0 bridgehead atoms. The second-order valence-electron chi connectivity index (χ2n) is 13.5. The highest BCUT2D eigenvalue weighted by Gasteiger charge is 2.69. The maximum Gasteiger partial charge on any atom is 0.427 e. The summed E-state index contributed by atoms with van der Waals surface area (Å²) >= 11 is 0. The third-order valence-electron chi connectivity index (χ3n) is 8.60. The van der Waals surface area contributed by atoms with E-state index in [1.807, 2.05) is 13.8 Å². The molecule has 3 amide bonds. The Morgan fingerprint density at radius 1 is 1.05 bits per heavy atom. The van der Waals surface area contributed by atoms with Crippen molar-refractivity contribution >= 4 is 29.5 Å². The van der Waals surface area contributed by atoms with Crippen molar-refractivity contribution in [3.05, 3.63) is 0 Å². The monoisotopic (exact) mass is 559 g/mol. The number of alkyl halides is 3. The van der Waals surface area contributed by atoms with Gasteiger partial charge in [0.15, 0.2) is 5.78 Å². The van der Waals surface area contributed by atoms with Crippen LogP contribution in [0.4, 0.5) is 18.0 Å². The number of ketones is 2. The van der Waals surface area contributed by atoms with Gasteiger partial charge in [-0.25, -0.2) is 4.79 Å². The molecule has 5 atom stereocenters. The maximum atomic E-state index is 13.8. The van der Waals surface area contributed by atoms with Crippen molar-refractivity contribution in [2.45, 2.75) is 98.0 Å². The van der Waals surface area contributed by atoms with Crippen molar-refractivity contribution in [2.75, 3.05) is 6.54 Å². The molecule has 3 aliphatic rings. The van der Waals surface area contributed by atoms with Gasteiger partial charge in [0, 0.05) is 18.9 Å². The van der Waals surface area contributed by atoms with Crippen LogP contribution in [0, 0.1) is 34.5 Å². The SMILES string of the molecule is CC(C)(C)C(NC(=O)OC(C)(C)C(F)(F)F)C(=O)N1CC2[C@@H](C1C(=O)CC(CC1CC1)C(=O)C(N)=O)C2(C)C. The Bertz CT molecular complexity index is 1040. The Hall–Kier alpha value is -2.66. The number of hydrogen-bond donors (Lipinski definition) is 2. The van der Waals surface area contributed by atoms with Crippen LogP contribution in [0.15, 0.2) is 0 Å². The molecule has 0 aromatic heterocycles. The van der Waals surface area contributed by atoms with Gasteiger partial charge >= 0.3 is 12.3 Å². The average Bonchev–Trinajstić information content (AvgIpc) is 3.61. The van der Waals surface area contributed by atoms with Gasteiger partial charge in [-0.1, -0.05) is 47.5 Å². The predicted octanol–water partition coefficient (Wildman–Crippen LogP) is 3.38. The van der Waals surface area contributed by atoms with Crippen LogP contribution in [0.5, 0.6) is 0 Å². The number of carbonyl (C=O) groups is 5. The molecule has 0 aromatic carbocycles. The molecule has 1 heterocycles. The first kappa shape index (κ1) is 30.9. The number of alkyl carbamates (subject to hydrolysis) is 1. The molecule has 4 unspecified atom stereocenters. The number of nitrogens with two attached hydrogens (primary N) is 1. The zero-order chi connectivity index (χ0) is 29.9. The van der Waals surface area contributed by atoms with Crippen LogP contribution in [0.2, 0.25) is 0 Å². The lowest BCUT2D eigenvalue weighted by molar-refractivity contribution is -0.244. The number of ether oxygens (including phenoxy) is 1. The third-order valence-corrected chi connectivity index (χ3v) is 8.60. The number of hydrogen-bond acceptors (Lipinski definition) is 6. The number of primary amides is 1. The van der Waals surface area contributed by atoms with E-state index in [1.54, 1.807) is 20.8 Å². The normalized spacial score (nSPS) is 25.8. The van der Waals surface area contributed by atoms with E-state index in [-0.39, 0.29) is 41.9 Å². The second-order valence-corrected chi connectivity index (χ2v) is 13.5. The summed E-state index contributed by atoms with van der Waals surface area (Å²) in [4.78, 5) is 65.5. The van der Waals surface area contributed by atoms with E-state index in [2.05, 4.69) is 10.1 Å². The van der Waals surface area contributed by atoms with Crippen molar-refractivity contribution in [1.29, 1.82) is 0 Å². The maximum absolute atomic E-state index is 13.8. The number of Topliss-reactive ketones (excluding diaryl/α,β-unsaturated/α-hetero) is 2. The first-order chi connectivity index (χ1) is 17.6. The molecule has 0 aromatic rings. The first-order valence-corrected chi connectivity index (χ1v) is 13.3. The van der Waals surface area contributed by atoms with Crippen LogP contribution in [0.1, 0.15) is 74.1 Å². The number of likely N-dealkylation sites (tertiary alicyclic amines) is 1. The molecule has 3 N–H and O–H groups in total. The minimum atomic E-state index is -4.83. The molecule has 1 aliphatic heterocycles. The van der Waals surface area contributed by atoms with Crippen molar-refractivity contribution < 1.29 is 41.9 Å². The Labute approximate surface area is 226 Å². The Balaban J connectivity index is 1.83. The summed E-state index contributed by atoms with van der Waals surface area (Å²) in [5, 5.41) is 2.30. The molecule has 9 nitrogen and oxygen atoms in total. The molecule has 39 heavy (non-hydrogen) atoms. The molecular formula is C27H40F3N3O6. The van der Waals surface area contributed by atoms with E-state index in [0.29, 0.717) is 20.3 Å². The Morgan fingerprint density at radius 3 is 2.08 bits per heavy atom. The number of nitrogens with zero attached hydrogens (tertiary/aromatic N) is 1. The fourth-order valence-corrected chi connectivity index (χ4v) is 5.74. The molecule has 3 rings (SSSR count). The van der Waals surface area contributed by atoms with Crippen molar-refractivity contribution in [2.24, 2.45) is 40.2 Å². The van der Waals surface area contributed by atoms with Crippen LogP contribution in [-0.2, 0) is 23.9 Å². The first-order valence-electron chi connectivity index (χ1n) is 13.3. The quantitative estimate of drug-likeness (QED) is 0.394. The summed E-state index contributed by atoms with van der Waals surface area (Å²) in [5.74, 6) is -3.69. The van der Waals surface area contributed by atoms with Gasteiger partial charge in [-0.2, -0.15) is 13.2 Å². The van der Waals surface area contributed by atoms with Crippen LogP contribution >= 0.6 is 0 Å². The van der Waals surface area contributed by atoms with Gasteiger partial charge < -0.3 is 20.7 Å².